The summed E-state index contributed by atoms with van der Waals surface area (Å²) in [5.41, 5.74) is 0. The lowest BCUT2D eigenvalue weighted by atomic mass is 10.6. The average molecular weight is 149 g/mol. The van der Waals surface area contributed by atoms with Crippen molar-refractivity contribution in [2.45, 2.75) is 20.8 Å². The van der Waals surface area contributed by atoms with E-state index >= 15 is 0 Å². The fourth-order valence-corrected chi connectivity index (χ4v) is 0. The Morgan fingerprint density at radius 2 is 1.40 bits per heavy atom. The van der Waals surface area contributed by atoms with E-state index in [1.807, 2.05) is 0 Å². The molecule has 0 bridgehead atoms. The first-order valence-electron chi connectivity index (χ1n) is 2.37. The number of hydrogen-bond acceptors (Lipinski definition) is 3. The molecule has 3 N–H and O–H groups in total. The number of aliphatic hydroxyl groups excluding tert-OH is 1. The van der Waals surface area contributed by atoms with Gasteiger partial charge in [0.1, 0.15) is 5.78 Å². The number of Topliss-reactive ketones (excluding diaryl/α,β-unsaturated/α-hetero) is 1. The van der Waals surface area contributed by atoms with E-state index in [-0.39, 0.29) is 11.3 Å². The predicted molar refractivity (Wildman–Crippen MR) is 39.4 cm³/mol. The van der Waals surface area contributed by atoms with E-state index in [4.69, 9.17) is 10.4 Å². The maximum absolute atomic E-state index is 9.44. The van der Waals surface area contributed by atoms with Gasteiger partial charge in [0.15, 0.2) is 0 Å². The van der Waals surface area contributed by atoms with Gasteiger partial charge in [-0.3, -0.25) is 0 Å². The molecule has 0 amide bonds. The Labute approximate surface area is 61.4 Å². The zero-order chi connectivity index (χ0) is 8.28. The summed E-state index contributed by atoms with van der Waals surface area (Å²) in [5, 5.41) is 14.3. The number of nitriles is 1. The van der Waals surface area contributed by atoms with Crippen LogP contribution >= 0.6 is 0 Å². The Balaban J connectivity index is -0.0000000273. The van der Waals surface area contributed by atoms with E-state index in [0.29, 0.717) is 0 Å². The Hall–Kier alpha value is -0.920. The molecule has 0 aliphatic carbocycles. The molecule has 0 aliphatic heterocycles. The first-order chi connectivity index (χ1) is 4.15. The van der Waals surface area contributed by atoms with E-state index in [1.54, 1.807) is 6.07 Å². The zero-order valence-corrected chi connectivity index (χ0v) is 6.80. The molecule has 0 aromatic rings. The summed E-state index contributed by atoms with van der Waals surface area (Å²) in [7, 11) is 1.00. The van der Waals surface area contributed by atoms with Crippen LogP contribution in [-0.2, 0) is 4.79 Å². The van der Waals surface area contributed by atoms with E-state index in [2.05, 4.69) is 0 Å². The summed E-state index contributed by atoms with van der Waals surface area (Å²) < 4.78 is 0. The molecule has 0 saturated heterocycles. The maximum atomic E-state index is 9.44. The smallest absolute Gasteiger partial charge is 0.126 e. The Morgan fingerprint density at radius 1 is 1.40 bits per heavy atom. The number of rotatable bonds is 0. The van der Waals surface area contributed by atoms with Crippen molar-refractivity contribution in [3.63, 3.8) is 0 Å². The topological polar surface area (TPSA) is 92.6 Å². The number of aliphatic hydroxyl groups is 1. The van der Waals surface area contributed by atoms with E-state index < -0.39 is 0 Å². The SMILES string of the molecule is CC#N.CC(C)=O.CO.O. The summed E-state index contributed by atoms with van der Waals surface area (Å²) in [6.07, 6.45) is 0. The van der Waals surface area contributed by atoms with Gasteiger partial charge in [0.05, 0.1) is 6.07 Å². The van der Waals surface area contributed by atoms with Crippen LogP contribution in [0.2, 0.25) is 0 Å². The van der Waals surface area contributed by atoms with Crippen molar-refractivity contribution < 1.29 is 15.4 Å². The highest BCUT2D eigenvalue weighted by Gasteiger charge is 1.62. The van der Waals surface area contributed by atoms with Crippen LogP contribution in [0.4, 0.5) is 0 Å². The minimum Gasteiger partial charge on any atom is -0.412 e. The molecule has 0 unspecified atom stereocenters. The average Bonchev–Trinajstić information content (AvgIpc) is 1.71. The van der Waals surface area contributed by atoms with Gasteiger partial charge in [-0.25, -0.2) is 0 Å². The summed E-state index contributed by atoms with van der Waals surface area (Å²) in [5.74, 6) is 0.167. The van der Waals surface area contributed by atoms with Crippen LogP contribution in [0, 0.1) is 11.3 Å². The third kappa shape index (κ3) is 309. The van der Waals surface area contributed by atoms with Crippen molar-refractivity contribution in [1.29, 1.82) is 5.26 Å². The quantitative estimate of drug-likeness (QED) is 0.521. The van der Waals surface area contributed by atoms with Gasteiger partial charge >= 0.3 is 0 Å². The van der Waals surface area contributed by atoms with Gasteiger partial charge < -0.3 is 15.4 Å². The van der Waals surface area contributed by atoms with Crippen molar-refractivity contribution in [3.05, 3.63) is 0 Å². The van der Waals surface area contributed by atoms with Crippen LogP contribution in [0.3, 0.4) is 0 Å². The second-order valence-corrected chi connectivity index (χ2v) is 1.13. The summed E-state index contributed by atoms with van der Waals surface area (Å²) in [6, 6.07) is 1.75. The number of hydrogen-bond donors (Lipinski definition) is 1. The van der Waals surface area contributed by atoms with Crippen LogP contribution < -0.4 is 0 Å². The lowest BCUT2D eigenvalue weighted by Gasteiger charge is -1.56. The fourth-order valence-electron chi connectivity index (χ4n) is 0. The van der Waals surface area contributed by atoms with Crippen LogP contribution in [0.1, 0.15) is 20.8 Å². The van der Waals surface area contributed by atoms with Gasteiger partial charge in [-0.2, -0.15) is 5.26 Å². The molecule has 0 aliphatic rings. The molecule has 0 saturated carbocycles. The summed E-state index contributed by atoms with van der Waals surface area (Å²) in [6.45, 7) is 4.49. The highest BCUT2D eigenvalue weighted by Crippen LogP contribution is 1.50. The summed E-state index contributed by atoms with van der Waals surface area (Å²) >= 11 is 0. The van der Waals surface area contributed by atoms with Gasteiger partial charge in [0.2, 0.25) is 0 Å². The molecule has 10 heavy (non-hydrogen) atoms. The lowest BCUT2D eigenvalue weighted by molar-refractivity contribution is -0.114. The third-order valence-corrected chi connectivity index (χ3v) is 0. The van der Waals surface area contributed by atoms with E-state index in [0.717, 1.165) is 7.11 Å². The first-order valence-corrected chi connectivity index (χ1v) is 2.37. The highest BCUT2D eigenvalue weighted by atomic mass is 16.2. The third-order valence-electron chi connectivity index (χ3n) is 0. The van der Waals surface area contributed by atoms with Crippen LogP contribution in [0.15, 0.2) is 0 Å². The van der Waals surface area contributed by atoms with E-state index in [9.17, 15) is 4.79 Å². The number of carbonyl (C=O) groups excluding carboxylic acids is 1. The Morgan fingerprint density at radius 3 is 1.40 bits per heavy atom. The fraction of sp³-hybridized carbons (Fsp3) is 0.667. The van der Waals surface area contributed by atoms with E-state index in [1.165, 1.54) is 20.8 Å². The monoisotopic (exact) mass is 149 g/mol. The second-order valence-electron chi connectivity index (χ2n) is 1.13. The van der Waals surface area contributed by atoms with Crippen molar-refractivity contribution >= 4 is 5.78 Å². The van der Waals surface area contributed by atoms with Crippen LogP contribution in [-0.4, -0.2) is 23.5 Å². The Bertz CT molecular complexity index is 81.5. The lowest BCUT2D eigenvalue weighted by Crippen LogP contribution is -1.69. The van der Waals surface area contributed by atoms with Crippen LogP contribution in [0.25, 0.3) is 0 Å². The standard InChI is InChI=1S/C3H6O.C2H3N.CH4O.H2O/c1-3(2)4;1-2-3;1-2;/h1-2H3;1H3;2H,1H3;1H2. The summed E-state index contributed by atoms with van der Waals surface area (Å²) in [4.78, 5) is 9.44. The number of nitrogens with zero attached hydrogens (tertiary/aromatic N) is 1. The molecule has 0 fully saturated rings. The largest absolute Gasteiger partial charge is 0.412 e. The maximum Gasteiger partial charge on any atom is 0.126 e. The first kappa shape index (κ1) is 23.0. The molecule has 0 heterocycles. The molecule has 4 nitrogen and oxygen atoms in total. The Kier molecular flexibility index (Phi) is 98.1. The van der Waals surface area contributed by atoms with Gasteiger partial charge in [0.25, 0.3) is 0 Å². The second kappa shape index (κ2) is 42.7. The van der Waals surface area contributed by atoms with Crippen molar-refractivity contribution in [3.8, 4) is 6.07 Å². The van der Waals surface area contributed by atoms with Crippen molar-refractivity contribution in [2.75, 3.05) is 7.11 Å². The molecular weight excluding hydrogens is 134 g/mol. The minimum atomic E-state index is 0. The number of ketones is 1. The number of carbonyl (C=O) groups is 1. The molecule has 62 valence electrons. The molecule has 0 radical (unpaired) electrons. The molecule has 0 aromatic carbocycles. The minimum absolute atomic E-state index is 0. The van der Waals surface area contributed by atoms with Gasteiger partial charge in [-0.05, 0) is 13.8 Å². The van der Waals surface area contributed by atoms with Gasteiger partial charge in [-0.15, -0.1) is 0 Å². The molecule has 0 aromatic heterocycles. The van der Waals surface area contributed by atoms with Crippen molar-refractivity contribution in [2.24, 2.45) is 0 Å². The molecule has 4 heteroatoms. The molecule has 0 spiro atoms. The van der Waals surface area contributed by atoms with Crippen molar-refractivity contribution in [1.82, 2.24) is 0 Å². The molecule has 0 atom stereocenters. The highest BCUT2D eigenvalue weighted by molar-refractivity contribution is 5.72. The van der Waals surface area contributed by atoms with Crippen LogP contribution in [0.5, 0.6) is 0 Å². The van der Waals surface area contributed by atoms with Gasteiger partial charge in [0, 0.05) is 14.0 Å². The van der Waals surface area contributed by atoms with Gasteiger partial charge in [-0.1, -0.05) is 0 Å². The zero-order valence-electron chi connectivity index (χ0n) is 6.80. The molecule has 0 rings (SSSR count). The molecular formula is C6H15NO3. The normalized spacial score (nSPS) is 4.00. The predicted octanol–water partition coefficient (Wildman–Crippen LogP) is -0.0910.